The highest BCUT2D eigenvalue weighted by Gasteiger charge is 2.15. The average molecular weight is 320 g/mol. The van der Waals surface area contributed by atoms with Crippen LogP contribution >= 0.6 is 0 Å². The lowest BCUT2D eigenvalue weighted by atomic mass is 10.3. The molecule has 120 valence electrons. The summed E-state index contributed by atoms with van der Waals surface area (Å²) in [4.78, 5) is 12.9. The number of imidazole rings is 1. The summed E-state index contributed by atoms with van der Waals surface area (Å²) >= 11 is 0. The maximum atomic E-state index is 5.90. The van der Waals surface area contributed by atoms with Gasteiger partial charge >= 0.3 is 0 Å². The van der Waals surface area contributed by atoms with Crippen molar-refractivity contribution in [3.05, 3.63) is 61.6 Å². The minimum Gasteiger partial charge on any atom is -0.487 e. The summed E-state index contributed by atoms with van der Waals surface area (Å²) < 4.78 is 9.69. The third-order valence-electron chi connectivity index (χ3n) is 3.66. The summed E-state index contributed by atoms with van der Waals surface area (Å²) in [5.41, 5.74) is 1.68. The van der Waals surface area contributed by atoms with E-state index in [2.05, 4.69) is 20.1 Å². The summed E-state index contributed by atoms with van der Waals surface area (Å²) in [6.07, 6.45) is 12.5. The maximum Gasteiger partial charge on any atom is 0.165 e. The molecule has 0 aliphatic rings. The molecule has 0 N–H and O–H groups in total. The molecular formula is C17H16N6O. The Labute approximate surface area is 138 Å². The van der Waals surface area contributed by atoms with Crippen molar-refractivity contribution < 1.29 is 4.74 Å². The van der Waals surface area contributed by atoms with Gasteiger partial charge < -0.3 is 9.30 Å². The first-order valence-electron chi connectivity index (χ1n) is 7.68. The molecule has 7 nitrogen and oxygen atoms in total. The summed E-state index contributed by atoms with van der Waals surface area (Å²) in [6, 6.07) is 5.60. The molecule has 4 aromatic heterocycles. The number of hydrogen-bond acceptors (Lipinski definition) is 5. The summed E-state index contributed by atoms with van der Waals surface area (Å²) in [5.74, 6) is 1.58. The molecule has 0 amide bonds. The van der Waals surface area contributed by atoms with Gasteiger partial charge in [0.25, 0.3) is 0 Å². The molecule has 1 unspecified atom stereocenters. The fraction of sp³-hybridized carbons (Fsp3) is 0.176. The Morgan fingerprint density at radius 2 is 2.04 bits per heavy atom. The zero-order valence-electron chi connectivity index (χ0n) is 13.1. The molecular weight excluding hydrogens is 304 g/mol. The highest BCUT2D eigenvalue weighted by molar-refractivity contribution is 5.72. The minimum absolute atomic E-state index is 0.0306. The van der Waals surface area contributed by atoms with Crippen molar-refractivity contribution in [3.8, 4) is 17.1 Å². The summed E-state index contributed by atoms with van der Waals surface area (Å²) in [7, 11) is 0. The molecule has 0 aromatic carbocycles. The standard InChI is InChI=1S/C17H16N6O/c1-13(24-14-4-2-5-18-10-14)12-22-9-7-20-16(22)15-11-21-23-8-3-6-19-17(15)23/h2-11,13H,12H2,1H3. The van der Waals surface area contributed by atoms with Crippen LogP contribution in [0.25, 0.3) is 17.0 Å². The van der Waals surface area contributed by atoms with Crippen LogP contribution in [-0.2, 0) is 6.54 Å². The van der Waals surface area contributed by atoms with Crippen molar-refractivity contribution in [1.82, 2.24) is 29.1 Å². The van der Waals surface area contributed by atoms with E-state index in [1.165, 1.54) is 0 Å². The van der Waals surface area contributed by atoms with Crippen LogP contribution in [0.3, 0.4) is 0 Å². The van der Waals surface area contributed by atoms with E-state index in [9.17, 15) is 0 Å². The molecule has 0 fully saturated rings. The predicted octanol–water partition coefficient (Wildman–Crippen LogP) is 2.46. The van der Waals surface area contributed by atoms with Gasteiger partial charge in [0.1, 0.15) is 17.7 Å². The van der Waals surface area contributed by atoms with E-state index >= 15 is 0 Å². The van der Waals surface area contributed by atoms with E-state index in [1.807, 2.05) is 42.1 Å². The molecule has 0 saturated heterocycles. The number of aromatic nitrogens is 6. The lowest BCUT2D eigenvalue weighted by molar-refractivity contribution is 0.199. The summed E-state index contributed by atoms with van der Waals surface area (Å²) in [5, 5.41) is 4.32. The van der Waals surface area contributed by atoms with Crippen LogP contribution in [0.2, 0.25) is 0 Å². The zero-order chi connectivity index (χ0) is 16.4. The molecule has 4 aromatic rings. The average Bonchev–Trinajstić information content (AvgIpc) is 3.22. The van der Waals surface area contributed by atoms with E-state index in [1.54, 1.807) is 35.5 Å². The Bertz CT molecular complexity index is 946. The van der Waals surface area contributed by atoms with Gasteiger partial charge in [-0.1, -0.05) is 0 Å². The molecule has 0 spiro atoms. The van der Waals surface area contributed by atoms with Crippen molar-refractivity contribution in [2.75, 3.05) is 0 Å². The van der Waals surface area contributed by atoms with Crippen LogP contribution in [0.15, 0.2) is 61.6 Å². The molecule has 7 heteroatoms. The van der Waals surface area contributed by atoms with Crippen LogP contribution < -0.4 is 4.74 Å². The second kappa shape index (κ2) is 6.11. The quantitative estimate of drug-likeness (QED) is 0.565. The van der Waals surface area contributed by atoms with E-state index in [-0.39, 0.29) is 6.10 Å². The Balaban J connectivity index is 1.59. The minimum atomic E-state index is -0.0306. The van der Waals surface area contributed by atoms with Crippen molar-refractivity contribution in [1.29, 1.82) is 0 Å². The van der Waals surface area contributed by atoms with Crippen LogP contribution in [0.5, 0.6) is 5.75 Å². The number of nitrogens with zero attached hydrogens (tertiary/aromatic N) is 6. The van der Waals surface area contributed by atoms with Gasteiger partial charge in [-0.15, -0.1) is 0 Å². The van der Waals surface area contributed by atoms with Crippen molar-refractivity contribution in [2.24, 2.45) is 0 Å². The van der Waals surface area contributed by atoms with Crippen molar-refractivity contribution in [2.45, 2.75) is 19.6 Å². The van der Waals surface area contributed by atoms with E-state index < -0.39 is 0 Å². The largest absolute Gasteiger partial charge is 0.487 e. The van der Waals surface area contributed by atoms with E-state index in [0.717, 1.165) is 22.8 Å². The van der Waals surface area contributed by atoms with Gasteiger partial charge in [0, 0.05) is 31.0 Å². The topological polar surface area (TPSA) is 70.1 Å². The first-order chi connectivity index (χ1) is 11.8. The highest BCUT2D eigenvalue weighted by atomic mass is 16.5. The maximum absolute atomic E-state index is 5.90. The third-order valence-corrected chi connectivity index (χ3v) is 3.66. The lowest BCUT2D eigenvalue weighted by Gasteiger charge is -2.16. The number of fused-ring (bicyclic) bond motifs is 1. The number of pyridine rings is 1. The van der Waals surface area contributed by atoms with Crippen LogP contribution in [0.1, 0.15) is 6.92 Å². The van der Waals surface area contributed by atoms with Gasteiger partial charge in [0.05, 0.1) is 24.5 Å². The van der Waals surface area contributed by atoms with E-state index in [4.69, 9.17) is 4.74 Å². The molecule has 0 radical (unpaired) electrons. The fourth-order valence-electron chi connectivity index (χ4n) is 2.65. The normalized spacial score (nSPS) is 12.4. The molecule has 4 rings (SSSR count). The first-order valence-corrected chi connectivity index (χ1v) is 7.68. The number of hydrogen-bond donors (Lipinski definition) is 0. The molecule has 24 heavy (non-hydrogen) atoms. The Kier molecular flexibility index (Phi) is 3.66. The van der Waals surface area contributed by atoms with Crippen molar-refractivity contribution in [3.63, 3.8) is 0 Å². The highest BCUT2D eigenvalue weighted by Crippen LogP contribution is 2.22. The second-order valence-corrected chi connectivity index (χ2v) is 5.47. The molecule has 4 heterocycles. The lowest BCUT2D eigenvalue weighted by Crippen LogP contribution is -2.19. The van der Waals surface area contributed by atoms with Gasteiger partial charge in [0.15, 0.2) is 5.65 Å². The second-order valence-electron chi connectivity index (χ2n) is 5.47. The van der Waals surface area contributed by atoms with Gasteiger partial charge in [0.2, 0.25) is 0 Å². The molecule has 0 saturated carbocycles. The van der Waals surface area contributed by atoms with Gasteiger partial charge in [-0.3, -0.25) is 4.98 Å². The van der Waals surface area contributed by atoms with Gasteiger partial charge in [-0.25, -0.2) is 14.5 Å². The SMILES string of the molecule is CC(Cn1ccnc1-c1cnn2cccnc12)Oc1cccnc1. The van der Waals surface area contributed by atoms with Crippen LogP contribution in [0.4, 0.5) is 0 Å². The van der Waals surface area contributed by atoms with E-state index in [0.29, 0.717) is 6.54 Å². The Hall–Kier alpha value is -3.22. The van der Waals surface area contributed by atoms with Gasteiger partial charge in [-0.2, -0.15) is 5.10 Å². The molecule has 0 bridgehead atoms. The summed E-state index contributed by atoms with van der Waals surface area (Å²) in [6.45, 7) is 2.68. The fourth-order valence-corrected chi connectivity index (χ4v) is 2.65. The monoisotopic (exact) mass is 320 g/mol. The molecule has 1 atom stereocenters. The van der Waals surface area contributed by atoms with Crippen LogP contribution in [-0.4, -0.2) is 35.2 Å². The first kappa shape index (κ1) is 14.4. The van der Waals surface area contributed by atoms with Crippen LogP contribution in [0, 0.1) is 0 Å². The predicted molar refractivity (Wildman–Crippen MR) is 88.5 cm³/mol. The van der Waals surface area contributed by atoms with Gasteiger partial charge in [-0.05, 0) is 25.1 Å². The molecule has 0 aliphatic heterocycles. The Morgan fingerprint density at radius 3 is 2.92 bits per heavy atom. The smallest absolute Gasteiger partial charge is 0.165 e. The van der Waals surface area contributed by atoms with Crippen molar-refractivity contribution >= 4 is 5.65 Å². The number of ether oxygens (including phenoxy) is 1. The third kappa shape index (κ3) is 2.71. The molecule has 0 aliphatic carbocycles. The zero-order valence-corrected chi connectivity index (χ0v) is 13.1. The Morgan fingerprint density at radius 1 is 1.08 bits per heavy atom. The number of rotatable bonds is 5.